The van der Waals surface area contributed by atoms with E-state index in [-0.39, 0.29) is 36.9 Å². The molecule has 5 rings (SSSR count). The summed E-state index contributed by atoms with van der Waals surface area (Å²) in [6.07, 6.45) is -0.149. The number of fused-ring (bicyclic) bond motifs is 1. The molecule has 0 bridgehead atoms. The number of likely N-dealkylation sites (tertiary alicyclic amines) is 1. The van der Waals surface area contributed by atoms with Gasteiger partial charge in [0, 0.05) is 36.2 Å². The molecule has 9 nitrogen and oxygen atoms in total. The van der Waals surface area contributed by atoms with Gasteiger partial charge in [-0.15, -0.1) is 0 Å². The normalized spacial score (nSPS) is 17.4. The maximum atomic E-state index is 15.3. The topological polar surface area (TPSA) is 125 Å². The maximum absolute atomic E-state index is 15.3. The predicted octanol–water partition coefficient (Wildman–Crippen LogP) is 5.44. The van der Waals surface area contributed by atoms with Crippen LogP contribution in [0.2, 0.25) is 0 Å². The van der Waals surface area contributed by atoms with Crippen molar-refractivity contribution < 1.29 is 27.1 Å². The second-order valence-electron chi connectivity index (χ2n) is 10.0. The summed E-state index contributed by atoms with van der Waals surface area (Å²) in [7, 11) is -3.74. The summed E-state index contributed by atoms with van der Waals surface area (Å²) in [4.78, 5) is 21.3. The van der Waals surface area contributed by atoms with Crippen LogP contribution in [0.5, 0.6) is 0 Å². The van der Waals surface area contributed by atoms with Crippen LogP contribution in [0.15, 0.2) is 66.9 Å². The van der Waals surface area contributed by atoms with Crippen LogP contribution >= 0.6 is 0 Å². The van der Waals surface area contributed by atoms with Crippen LogP contribution < -0.4 is 10.0 Å². The van der Waals surface area contributed by atoms with Crippen LogP contribution in [-0.2, 0) is 22.2 Å². The zero-order valence-electron chi connectivity index (χ0n) is 22.2. The second kappa shape index (κ2) is 11.7. The number of nitrogens with zero attached hydrogens (tertiary/aromatic N) is 3. The summed E-state index contributed by atoms with van der Waals surface area (Å²) in [5.74, 6) is -0.569. The summed E-state index contributed by atoms with van der Waals surface area (Å²) in [5.41, 5.74) is 3.08. The fourth-order valence-corrected chi connectivity index (χ4v) is 6.21. The molecule has 1 amide bonds. The fourth-order valence-electron chi connectivity index (χ4n) is 5.02. The SMILES string of the molecule is CCc1cc(-c2ccc(NS(=O)(=O)Cc3ccccc3)cc2F)cc2cnc(N[C@H]3C[C@H](F)CN(C(=O)O)C3)nc12. The number of carbonyl (C=O) groups is 1. The number of aryl methyl sites for hydroxylation is 1. The first kappa shape index (κ1) is 28.2. The zero-order valence-corrected chi connectivity index (χ0v) is 23.0. The number of hydrogen-bond acceptors (Lipinski definition) is 6. The van der Waals surface area contributed by atoms with E-state index in [9.17, 15) is 22.7 Å². The molecule has 0 unspecified atom stereocenters. The van der Waals surface area contributed by atoms with Gasteiger partial charge in [0.05, 0.1) is 23.5 Å². The first-order chi connectivity index (χ1) is 19.6. The average Bonchev–Trinajstić information content (AvgIpc) is 2.92. The van der Waals surface area contributed by atoms with Gasteiger partial charge in [-0.2, -0.15) is 0 Å². The predicted molar refractivity (Wildman–Crippen MR) is 154 cm³/mol. The molecule has 1 aromatic heterocycles. The minimum Gasteiger partial charge on any atom is -0.465 e. The standard InChI is InChI=1S/C29H29F2N5O4S/c1-2-19-10-20(25-9-8-23(13-26(25)31)35-41(39,40)17-18-6-4-3-5-7-18)11-21-14-32-28(34-27(19)21)33-24-12-22(30)15-36(16-24)29(37)38/h3-11,13-14,22,24,35H,2,12,15-17H2,1H3,(H,37,38)(H,32,33,34)/t22-,24-/m0/s1. The van der Waals surface area contributed by atoms with E-state index in [0.29, 0.717) is 34.0 Å². The summed E-state index contributed by atoms with van der Waals surface area (Å²) in [6, 6.07) is 16.0. The van der Waals surface area contributed by atoms with E-state index in [0.717, 1.165) is 16.5 Å². The number of sulfonamides is 1. The number of hydrogen-bond donors (Lipinski definition) is 3. The smallest absolute Gasteiger partial charge is 0.407 e. The van der Waals surface area contributed by atoms with E-state index in [4.69, 9.17) is 0 Å². The van der Waals surface area contributed by atoms with E-state index in [2.05, 4.69) is 20.0 Å². The van der Waals surface area contributed by atoms with Crippen molar-refractivity contribution in [2.45, 2.75) is 37.7 Å². The Morgan fingerprint density at radius 3 is 2.61 bits per heavy atom. The Morgan fingerprint density at radius 2 is 1.90 bits per heavy atom. The van der Waals surface area contributed by atoms with Crippen LogP contribution in [-0.4, -0.2) is 59.8 Å². The van der Waals surface area contributed by atoms with Crippen molar-refractivity contribution in [1.82, 2.24) is 14.9 Å². The zero-order chi connectivity index (χ0) is 29.1. The van der Waals surface area contributed by atoms with Gasteiger partial charge in [-0.05, 0) is 53.4 Å². The lowest BCUT2D eigenvalue weighted by molar-refractivity contribution is 0.102. The number of alkyl halides is 1. The van der Waals surface area contributed by atoms with Crippen LogP contribution in [0.1, 0.15) is 24.5 Å². The minimum absolute atomic E-state index is 0.119. The first-order valence-electron chi connectivity index (χ1n) is 13.1. The highest BCUT2D eigenvalue weighted by Gasteiger charge is 2.30. The summed E-state index contributed by atoms with van der Waals surface area (Å²) < 4.78 is 57.0. The molecular formula is C29H29F2N5O4S. The third-order valence-electron chi connectivity index (χ3n) is 6.90. The van der Waals surface area contributed by atoms with E-state index in [1.54, 1.807) is 42.6 Å². The Kier molecular flexibility index (Phi) is 8.02. The number of piperidine rings is 1. The number of halogens is 2. The summed E-state index contributed by atoms with van der Waals surface area (Å²) in [6.45, 7) is 1.90. The van der Waals surface area contributed by atoms with Gasteiger partial charge in [0.15, 0.2) is 0 Å². The van der Waals surface area contributed by atoms with Gasteiger partial charge in [-0.3, -0.25) is 4.72 Å². The first-order valence-corrected chi connectivity index (χ1v) is 14.8. The quantitative estimate of drug-likeness (QED) is 0.253. The van der Waals surface area contributed by atoms with Crippen molar-refractivity contribution in [2.24, 2.45) is 0 Å². The molecular weight excluding hydrogens is 552 g/mol. The van der Waals surface area contributed by atoms with Crippen molar-refractivity contribution in [3.8, 4) is 11.1 Å². The van der Waals surface area contributed by atoms with Gasteiger partial charge in [0.2, 0.25) is 16.0 Å². The van der Waals surface area contributed by atoms with Gasteiger partial charge in [0.1, 0.15) is 12.0 Å². The number of anilines is 2. The molecule has 0 saturated carbocycles. The van der Waals surface area contributed by atoms with E-state index < -0.39 is 34.1 Å². The Bertz CT molecular complexity index is 1690. The van der Waals surface area contributed by atoms with Crippen molar-refractivity contribution in [3.05, 3.63) is 83.8 Å². The summed E-state index contributed by atoms with van der Waals surface area (Å²) in [5, 5.41) is 13.0. The molecule has 1 fully saturated rings. The van der Waals surface area contributed by atoms with Crippen molar-refractivity contribution in [3.63, 3.8) is 0 Å². The number of nitrogens with one attached hydrogen (secondary N) is 2. The number of rotatable bonds is 8. The van der Waals surface area contributed by atoms with Crippen molar-refractivity contribution in [2.75, 3.05) is 23.1 Å². The van der Waals surface area contributed by atoms with Crippen LogP contribution in [0.3, 0.4) is 0 Å². The number of aromatic nitrogens is 2. The van der Waals surface area contributed by atoms with Crippen LogP contribution in [0.25, 0.3) is 22.0 Å². The molecule has 1 aliphatic rings. The van der Waals surface area contributed by atoms with E-state index >= 15 is 4.39 Å². The van der Waals surface area contributed by atoms with Gasteiger partial charge in [0.25, 0.3) is 0 Å². The molecule has 3 aromatic carbocycles. The number of carboxylic acid groups (broad SMARTS) is 1. The summed E-state index contributed by atoms with van der Waals surface area (Å²) >= 11 is 0. The van der Waals surface area contributed by atoms with E-state index in [1.165, 1.54) is 12.1 Å². The number of amides is 1. The van der Waals surface area contributed by atoms with Crippen LogP contribution in [0.4, 0.5) is 25.2 Å². The molecule has 2 heterocycles. The molecule has 41 heavy (non-hydrogen) atoms. The number of benzene rings is 3. The van der Waals surface area contributed by atoms with Gasteiger partial charge in [-0.25, -0.2) is 32.0 Å². The Labute approximate surface area is 236 Å². The highest BCUT2D eigenvalue weighted by Crippen LogP contribution is 2.31. The van der Waals surface area contributed by atoms with Gasteiger partial charge < -0.3 is 15.3 Å². The Hall–Kier alpha value is -4.32. The molecule has 0 spiro atoms. The molecule has 1 saturated heterocycles. The third kappa shape index (κ3) is 6.71. The lowest BCUT2D eigenvalue weighted by atomic mass is 9.98. The van der Waals surface area contributed by atoms with Gasteiger partial charge in [-0.1, -0.05) is 37.3 Å². The molecule has 2 atom stereocenters. The van der Waals surface area contributed by atoms with E-state index in [1.807, 2.05) is 13.0 Å². The molecule has 4 aromatic rings. The Morgan fingerprint density at radius 1 is 1.12 bits per heavy atom. The highest BCUT2D eigenvalue weighted by atomic mass is 32.2. The lowest BCUT2D eigenvalue weighted by Gasteiger charge is -2.33. The van der Waals surface area contributed by atoms with Crippen molar-refractivity contribution in [1.29, 1.82) is 0 Å². The monoisotopic (exact) mass is 581 g/mol. The average molecular weight is 582 g/mol. The second-order valence-corrected chi connectivity index (χ2v) is 11.7. The third-order valence-corrected chi connectivity index (χ3v) is 8.16. The highest BCUT2D eigenvalue weighted by molar-refractivity contribution is 7.91. The largest absolute Gasteiger partial charge is 0.465 e. The fraction of sp³-hybridized carbons (Fsp3) is 0.276. The molecule has 0 aliphatic carbocycles. The van der Waals surface area contributed by atoms with Crippen molar-refractivity contribution >= 4 is 38.7 Å². The molecule has 3 N–H and O–H groups in total. The Balaban J connectivity index is 1.37. The maximum Gasteiger partial charge on any atom is 0.407 e. The lowest BCUT2D eigenvalue weighted by Crippen LogP contribution is -2.49. The molecule has 0 radical (unpaired) electrons. The minimum atomic E-state index is -3.74. The molecule has 12 heteroatoms. The molecule has 1 aliphatic heterocycles. The van der Waals surface area contributed by atoms with Crippen LogP contribution in [0, 0.1) is 5.82 Å². The van der Waals surface area contributed by atoms with Gasteiger partial charge >= 0.3 is 6.09 Å². The molecule has 214 valence electrons.